The van der Waals surface area contributed by atoms with Crippen LogP contribution in [-0.4, -0.2) is 67.3 Å². The van der Waals surface area contributed by atoms with E-state index < -0.39 is 10.0 Å². The molecule has 3 heterocycles. The normalized spacial score (nSPS) is 22.5. The Balaban J connectivity index is 0.00000192. The molecule has 2 saturated heterocycles. The van der Waals surface area contributed by atoms with E-state index in [4.69, 9.17) is 0 Å². The Kier molecular flexibility index (Phi) is 6.38. The van der Waals surface area contributed by atoms with Crippen LogP contribution in [0.2, 0.25) is 0 Å². The number of sulfonamides is 1. The lowest BCUT2D eigenvalue weighted by molar-refractivity contribution is 0.0935. The van der Waals surface area contributed by atoms with E-state index in [0.717, 1.165) is 31.0 Å². The van der Waals surface area contributed by atoms with Crippen LogP contribution in [0.5, 0.6) is 0 Å². The molecule has 0 saturated carbocycles. The highest BCUT2D eigenvalue weighted by molar-refractivity contribution is 7.99. The van der Waals surface area contributed by atoms with Crippen LogP contribution in [-0.2, 0) is 10.0 Å². The lowest BCUT2D eigenvalue weighted by Gasteiger charge is -2.24. The highest BCUT2D eigenvalue weighted by Gasteiger charge is 2.28. The van der Waals surface area contributed by atoms with E-state index in [1.54, 1.807) is 11.8 Å². The van der Waals surface area contributed by atoms with Gasteiger partial charge in [-0.05, 0) is 19.0 Å². The Morgan fingerprint density at radius 1 is 1.35 bits per heavy atom. The zero-order valence-electron chi connectivity index (χ0n) is 12.6. The van der Waals surface area contributed by atoms with Crippen LogP contribution < -0.4 is 10.6 Å². The Morgan fingerprint density at radius 2 is 2.09 bits per heavy atom. The second kappa shape index (κ2) is 7.89. The number of hydrogen-bond acceptors (Lipinski definition) is 5. The van der Waals surface area contributed by atoms with Crippen LogP contribution >= 0.6 is 24.2 Å². The maximum Gasteiger partial charge on any atom is 0.267 e. The largest absolute Gasteiger partial charge is 0.356 e. The summed E-state index contributed by atoms with van der Waals surface area (Å²) in [6.45, 7) is 2.69. The van der Waals surface area contributed by atoms with Crippen molar-refractivity contribution in [2.24, 2.45) is 0 Å². The topological polar surface area (TPSA) is 94.3 Å². The van der Waals surface area contributed by atoms with Gasteiger partial charge in [0.2, 0.25) is 10.0 Å². The molecule has 1 unspecified atom stereocenters. The zero-order chi connectivity index (χ0) is 15.6. The molecule has 1 aromatic rings. The van der Waals surface area contributed by atoms with Crippen molar-refractivity contribution in [2.75, 3.05) is 37.7 Å². The molecular formula is C13H21ClN4O3S2. The van der Waals surface area contributed by atoms with Gasteiger partial charge in [-0.2, -0.15) is 16.1 Å². The van der Waals surface area contributed by atoms with E-state index in [1.807, 2.05) is 0 Å². The van der Waals surface area contributed by atoms with Crippen molar-refractivity contribution < 1.29 is 13.2 Å². The van der Waals surface area contributed by atoms with Crippen LogP contribution in [0.3, 0.4) is 0 Å². The molecule has 1 aromatic heterocycles. The maximum atomic E-state index is 12.5. The molecule has 2 aliphatic heterocycles. The molecule has 3 rings (SSSR count). The number of aromatic nitrogens is 1. The first-order valence-corrected chi connectivity index (χ1v) is 9.95. The minimum absolute atomic E-state index is 0. The fraction of sp³-hybridized carbons (Fsp3) is 0.615. The van der Waals surface area contributed by atoms with Gasteiger partial charge in [0.25, 0.3) is 5.91 Å². The molecule has 130 valence electrons. The molecule has 2 aliphatic rings. The molecule has 23 heavy (non-hydrogen) atoms. The molecule has 0 aliphatic carbocycles. The van der Waals surface area contributed by atoms with Gasteiger partial charge < -0.3 is 15.6 Å². The van der Waals surface area contributed by atoms with Gasteiger partial charge in [-0.25, -0.2) is 8.42 Å². The third-order valence-electron chi connectivity index (χ3n) is 3.90. The van der Waals surface area contributed by atoms with Crippen LogP contribution in [0.1, 0.15) is 16.9 Å². The molecule has 7 nitrogen and oxygen atoms in total. The van der Waals surface area contributed by atoms with Crippen LogP contribution in [0, 0.1) is 0 Å². The molecule has 0 spiro atoms. The van der Waals surface area contributed by atoms with E-state index in [0.29, 0.717) is 13.1 Å². The van der Waals surface area contributed by atoms with Gasteiger partial charge in [0.15, 0.2) is 0 Å². The predicted molar refractivity (Wildman–Crippen MR) is 92.9 cm³/mol. The Morgan fingerprint density at radius 3 is 2.74 bits per heavy atom. The average Bonchev–Trinajstić information content (AvgIpc) is 3.19. The van der Waals surface area contributed by atoms with Crippen molar-refractivity contribution in [3.05, 3.63) is 18.0 Å². The average molecular weight is 381 g/mol. The SMILES string of the molecule is Cl.O=C(NC1CCNC1)c1cc(S(=O)(=O)N2CCSCC2)c[nH]1. The number of nitrogens with one attached hydrogen (secondary N) is 3. The quantitative estimate of drug-likeness (QED) is 0.696. The number of carbonyl (C=O) groups excluding carboxylic acids is 1. The lowest BCUT2D eigenvalue weighted by Crippen LogP contribution is -2.37. The first kappa shape index (κ1) is 18.6. The van der Waals surface area contributed by atoms with Gasteiger partial charge in [-0.1, -0.05) is 0 Å². The van der Waals surface area contributed by atoms with Crippen LogP contribution in [0.25, 0.3) is 0 Å². The van der Waals surface area contributed by atoms with Crippen molar-refractivity contribution in [3.8, 4) is 0 Å². The summed E-state index contributed by atoms with van der Waals surface area (Å²) >= 11 is 1.75. The smallest absolute Gasteiger partial charge is 0.267 e. The molecule has 10 heteroatoms. The number of nitrogens with zero attached hydrogens (tertiary/aromatic N) is 1. The molecule has 1 atom stereocenters. The second-order valence-electron chi connectivity index (χ2n) is 5.43. The minimum atomic E-state index is -3.51. The number of carbonyl (C=O) groups is 1. The summed E-state index contributed by atoms with van der Waals surface area (Å²) < 4.78 is 26.5. The van der Waals surface area contributed by atoms with Gasteiger partial charge in [-0.3, -0.25) is 4.79 Å². The number of hydrogen-bond donors (Lipinski definition) is 3. The summed E-state index contributed by atoms with van der Waals surface area (Å²) in [5.41, 5.74) is 0.289. The van der Waals surface area contributed by atoms with Crippen molar-refractivity contribution in [1.29, 1.82) is 0 Å². The Bertz CT molecular complexity index is 637. The predicted octanol–water partition coefficient (Wildman–Crippen LogP) is 0.266. The number of rotatable bonds is 4. The summed E-state index contributed by atoms with van der Waals surface area (Å²) in [6, 6.07) is 1.53. The molecule has 2 fully saturated rings. The molecule has 0 bridgehead atoms. The summed E-state index contributed by atoms with van der Waals surface area (Å²) in [6.07, 6.45) is 2.29. The van der Waals surface area contributed by atoms with E-state index in [2.05, 4.69) is 15.6 Å². The fourth-order valence-corrected chi connectivity index (χ4v) is 5.20. The van der Waals surface area contributed by atoms with Crippen molar-refractivity contribution in [3.63, 3.8) is 0 Å². The third kappa shape index (κ3) is 4.21. The van der Waals surface area contributed by atoms with E-state index >= 15 is 0 Å². The number of H-pyrrole nitrogens is 1. The summed E-state index contributed by atoms with van der Waals surface area (Å²) in [4.78, 5) is 15.1. The minimum Gasteiger partial charge on any atom is -0.356 e. The van der Waals surface area contributed by atoms with Gasteiger partial charge in [0.05, 0.1) is 0 Å². The van der Waals surface area contributed by atoms with Gasteiger partial charge in [0.1, 0.15) is 10.6 Å². The molecular weight excluding hydrogens is 360 g/mol. The lowest BCUT2D eigenvalue weighted by atomic mass is 10.2. The number of amides is 1. The van der Waals surface area contributed by atoms with Gasteiger partial charge >= 0.3 is 0 Å². The summed E-state index contributed by atoms with van der Waals surface area (Å²) in [5.74, 6) is 1.36. The van der Waals surface area contributed by atoms with Crippen molar-refractivity contribution in [1.82, 2.24) is 19.9 Å². The third-order valence-corrected chi connectivity index (χ3v) is 6.72. The first-order valence-electron chi connectivity index (χ1n) is 7.35. The molecule has 1 amide bonds. The maximum absolute atomic E-state index is 12.5. The van der Waals surface area contributed by atoms with E-state index in [9.17, 15) is 13.2 Å². The number of aromatic amines is 1. The molecule has 0 radical (unpaired) electrons. The van der Waals surface area contributed by atoms with Gasteiger partial charge in [-0.15, -0.1) is 12.4 Å². The zero-order valence-corrected chi connectivity index (χ0v) is 15.0. The Labute approximate surface area is 146 Å². The van der Waals surface area contributed by atoms with E-state index in [1.165, 1.54) is 16.6 Å². The van der Waals surface area contributed by atoms with Crippen LogP contribution in [0.15, 0.2) is 17.2 Å². The van der Waals surface area contributed by atoms with Crippen molar-refractivity contribution in [2.45, 2.75) is 17.4 Å². The summed E-state index contributed by atoms with van der Waals surface area (Å²) in [5, 5.41) is 6.07. The highest BCUT2D eigenvalue weighted by atomic mass is 35.5. The van der Waals surface area contributed by atoms with E-state index in [-0.39, 0.29) is 34.9 Å². The van der Waals surface area contributed by atoms with Gasteiger partial charge in [0, 0.05) is 43.4 Å². The van der Waals surface area contributed by atoms with Crippen molar-refractivity contribution >= 4 is 40.1 Å². The number of thioether (sulfide) groups is 1. The Hall–Kier alpha value is -0.740. The summed E-state index contributed by atoms with van der Waals surface area (Å²) in [7, 11) is -3.51. The fourth-order valence-electron chi connectivity index (χ4n) is 2.63. The highest BCUT2D eigenvalue weighted by Crippen LogP contribution is 2.20. The van der Waals surface area contributed by atoms with Crippen LogP contribution in [0.4, 0.5) is 0 Å². The first-order chi connectivity index (χ1) is 10.6. The number of halogens is 1. The monoisotopic (exact) mass is 380 g/mol. The molecule has 0 aromatic carbocycles. The standard InChI is InChI=1S/C13H20N4O3S2.ClH/c18-13(16-10-1-2-14-8-10)12-7-11(9-15-12)22(19,20)17-3-5-21-6-4-17;/h7,9-10,14-15H,1-6,8H2,(H,16,18);1H. The second-order valence-corrected chi connectivity index (χ2v) is 8.59. The molecule has 3 N–H and O–H groups in total.